The van der Waals surface area contributed by atoms with Crippen LogP contribution in [0.2, 0.25) is 0 Å². The zero-order valence-corrected chi connectivity index (χ0v) is 42.7. The molecule has 0 aromatic heterocycles. The highest BCUT2D eigenvalue weighted by molar-refractivity contribution is 5.64. The first-order valence-corrected chi connectivity index (χ1v) is 23.1. The van der Waals surface area contributed by atoms with Crippen LogP contribution in [0.4, 0.5) is 0 Å². The van der Waals surface area contributed by atoms with Crippen molar-refractivity contribution >= 4 is 56.6 Å². The Hall–Kier alpha value is -3.37. The van der Waals surface area contributed by atoms with E-state index in [0.29, 0.717) is 56.6 Å². The van der Waals surface area contributed by atoms with Crippen LogP contribution in [0, 0.1) is 53.3 Å². The molecule has 0 fully saturated rings. The van der Waals surface area contributed by atoms with E-state index in [-0.39, 0.29) is 5.92 Å². The summed E-state index contributed by atoms with van der Waals surface area (Å²) in [6.45, 7) is 31.5. The molecular weight excluding hydrogens is 839 g/mol. The molecule has 0 aliphatic carbocycles. The van der Waals surface area contributed by atoms with E-state index in [4.69, 9.17) is 4.84 Å². The van der Waals surface area contributed by atoms with E-state index in [1.54, 1.807) is 125 Å². The molecule has 0 amide bonds. The molecule has 0 rings (SSSR count). The van der Waals surface area contributed by atoms with Gasteiger partial charge in [0.25, 0.3) is 0 Å². The second kappa shape index (κ2) is 29.4. The van der Waals surface area contributed by atoms with Crippen LogP contribution in [0.1, 0.15) is 125 Å². The summed E-state index contributed by atoms with van der Waals surface area (Å²) in [5.74, 6) is -5.14. The number of hydrogen-bond donors (Lipinski definition) is 1. The number of carbonyl (C=O) groups excluding carboxylic acids is 9. The van der Waals surface area contributed by atoms with Crippen LogP contribution in [-0.4, -0.2) is 159 Å². The van der Waals surface area contributed by atoms with Crippen LogP contribution in [-0.2, 0) is 48.0 Å². The zero-order chi connectivity index (χ0) is 50.8. The van der Waals surface area contributed by atoms with Gasteiger partial charge in [-0.1, -0.05) is 130 Å². The summed E-state index contributed by atoms with van der Waals surface area (Å²) < 4.78 is 0. The Balaban J connectivity index is 10.4. The molecule has 0 radical (unpaired) electrons. The van der Waals surface area contributed by atoms with E-state index in [9.17, 15) is 43.2 Å². The molecule has 0 aromatic rings. The molecule has 0 saturated carbocycles. The lowest BCUT2D eigenvalue weighted by molar-refractivity contribution is -0.488. The third kappa shape index (κ3) is 15.3. The van der Waals surface area contributed by atoms with Gasteiger partial charge >= 0.3 is 0 Å². The molecule has 0 aromatic carbocycles. The third-order valence-electron chi connectivity index (χ3n) is 11.5. The zero-order valence-electron chi connectivity index (χ0n) is 42.7. The molecule has 0 unspecified atom stereocenters. The summed E-state index contributed by atoms with van der Waals surface area (Å²) >= 11 is 0. The highest BCUT2D eigenvalue weighted by Gasteiger charge is 2.54. The normalized spacial score (nSPS) is 17.2. The maximum absolute atomic E-state index is 14.1. The lowest BCUT2D eigenvalue weighted by atomic mass is 10.0. The van der Waals surface area contributed by atoms with Crippen LogP contribution < -0.4 is 5.43 Å². The SMILES string of the molecule is CON([C@H](C=O)C(C)C)N([C@H](C=O)C(C)C)N([C@H](C=O)C(C)C)N([C@H](C=O)C(C)C)N([C@H](C=O)C(C)C)N([C@H](C=O)C(C)C)N([C@H](C=O)C(C)C)N(N[C@H](C=O)C(C)C)[C@H](C=O)C(C)C. The Morgan fingerprint density at radius 2 is 0.523 bits per heavy atom. The van der Waals surface area contributed by atoms with E-state index in [1.807, 2.05) is 0 Å². The summed E-state index contributed by atoms with van der Waals surface area (Å²) in [7, 11) is 1.29. The van der Waals surface area contributed by atoms with Crippen LogP contribution in [0.3, 0.4) is 0 Å². The van der Waals surface area contributed by atoms with Gasteiger partial charge in [-0.3, -0.25) is 4.84 Å². The lowest BCUT2D eigenvalue weighted by Crippen LogP contribution is -2.82. The Morgan fingerprint density at radius 1 is 0.292 bits per heavy atom. The second-order valence-corrected chi connectivity index (χ2v) is 19.8. The Morgan fingerprint density at radius 3 is 0.738 bits per heavy atom. The Kier molecular flexibility index (Phi) is 27.9. The molecule has 0 bridgehead atoms. The van der Waals surface area contributed by atoms with Crippen molar-refractivity contribution in [1.29, 1.82) is 0 Å². The summed E-state index contributed by atoms with van der Waals surface area (Å²) in [6.07, 6.45) is 5.68. The quantitative estimate of drug-likeness (QED) is 0.0700. The van der Waals surface area contributed by atoms with Crippen molar-refractivity contribution in [3.05, 3.63) is 0 Å². The highest BCUT2D eigenvalue weighted by Crippen LogP contribution is 2.35. The van der Waals surface area contributed by atoms with Gasteiger partial charge in [0.15, 0.2) is 0 Å². The Bertz CT molecular complexity index is 1480. The minimum Gasteiger partial charge on any atom is -0.302 e. The fraction of sp³-hybridized carbons (Fsp3) is 0.804. The fourth-order valence-corrected chi connectivity index (χ4v) is 7.15. The standard InChI is InChI=1S/C46H85N9O10/c1-29(2)38(20-56)47-48(39(21-57)30(3)4)49(40(22-58)31(5)6)50(41(23-59)32(7)8)51(42(24-60)33(9)10)52(43(25-61)34(11)12)53(44(26-62)35(13)14)54(45(27-63)36(15)16)55(65-19)46(28-64)37(17)18/h20-47H,1-19H3/t38-,39-,40-,41-,42-,43-,44-,45-,46-/m1/s1. The smallest absolute Gasteiger partial charge is 0.141 e. The third-order valence-corrected chi connectivity index (χ3v) is 11.5. The molecule has 0 aliphatic heterocycles. The molecule has 9 atom stereocenters. The number of rotatable bonds is 36. The maximum atomic E-state index is 14.1. The van der Waals surface area contributed by atoms with Crippen molar-refractivity contribution in [1.82, 2.24) is 46.4 Å². The predicted molar refractivity (Wildman–Crippen MR) is 247 cm³/mol. The number of aldehydes is 9. The number of hydrazine groups is 8. The van der Waals surface area contributed by atoms with Gasteiger partial charge in [-0.25, -0.2) is 5.43 Å². The second-order valence-electron chi connectivity index (χ2n) is 19.8. The molecule has 1 N–H and O–H groups in total. The first-order valence-electron chi connectivity index (χ1n) is 23.1. The summed E-state index contributed by atoms with van der Waals surface area (Å²) in [4.78, 5) is 129. The molecule has 0 spiro atoms. The van der Waals surface area contributed by atoms with Crippen molar-refractivity contribution in [3.8, 4) is 0 Å². The van der Waals surface area contributed by atoms with Crippen LogP contribution in [0.5, 0.6) is 0 Å². The van der Waals surface area contributed by atoms with Gasteiger partial charge in [0.05, 0.1) is 19.2 Å². The first-order chi connectivity index (χ1) is 30.4. The van der Waals surface area contributed by atoms with Gasteiger partial charge in [-0.05, 0) is 53.3 Å². The van der Waals surface area contributed by atoms with Gasteiger partial charge in [0.2, 0.25) is 0 Å². The summed E-state index contributed by atoms with van der Waals surface area (Å²) in [5.41, 5.74) is 3.21. The van der Waals surface area contributed by atoms with Crippen LogP contribution >= 0.6 is 0 Å². The van der Waals surface area contributed by atoms with Gasteiger partial charge in [-0.15, -0.1) is 30.7 Å². The van der Waals surface area contributed by atoms with Crippen molar-refractivity contribution in [3.63, 3.8) is 0 Å². The average molecular weight is 924 g/mol. The minimum atomic E-state index is -1.37. The summed E-state index contributed by atoms with van der Waals surface area (Å²) in [6, 6.07) is -11.1. The minimum absolute atomic E-state index is 0.372. The first kappa shape index (κ1) is 61.6. The highest BCUT2D eigenvalue weighted by atomic mass is 16.7. The molecule has 374 valence electrons. The van der Waals surface area contributed by atoms with E-state index < -0.39 is 102 Å². The van der Waals surface area contributed by atoms with Gasteiger partial charge in [0.1, 0.15) is 98.9 Å². The van der Waals surface area contributed by atoms with Crippen molar-refractivity contribution in [2.75, 3.05) is 7.11 Å². The number of carbonyl (C=O) groups is 9. The van der Waals surface area contributed by atoms with Crippen LogP contribution in [0.15, 0.2) is 0 Å². The van der Waals surface area contributed by atoms with E-state index in [2.05, 4.69) is 5.43 Å². The lowest BCUT2D eigenvalue weighted by Gasteiger charge is -2.61. The molecule has 0 saturated heterocycles. The van der Waals surface area contributed by atoms with Crippen LogP contribution in [0.25, 0.3) is 0 Å². The number of hydrogen-bond acceptors (Lipinski definition) is 19. The van der Waals surface area contributed by atoms with Gasteiger partial charge in [0, 0.05) is 0 Å². The van der Waals surface area contributed by atoms with Crippen molar-refractivity contribution in [2.45, 2.75) is 179 Å². The topological polar surface area (TPSA) is 201 Å². The number of nitrogens with zero attached hydrogens (tertiary/aromatic N) is 8. The molecule has 65 heavy (non-hydrogen) atoms. The number of nitrogens with one attached hydrogen (secondary N) is 1. The molecule has 0 heterocycles. The number of hydroxylamine groups is 1. The molecule has 19 heteroatoms. The van der Waals surface area contributed by atoms with Crippen molar-refractivity contribution < 1.29 is 48.0 Å². The van der Waals surface area contributed by atoms with E-state index in [0.717, 1.165) is 0 Å². The van der Waals surface area contributed by atoms with Gasteiger partial charge < -0.3 is 43.2 Å². The molecule has 0 aliphatic rings. The maximum Gasteiger partial charge on any atom is 0.141 e. The monoisotopic (exact) mass is 924 g/mol. The largest absolute Gasteiger partial charge is 0.302 e. The average Bonchev–Trinajstić information content (AvgIpc) is 3.21. The van der Waals surface area contributed by atoms with Gasteiger partial charge in [-0.2, -0.15) is 5.12 Å². The van der Waals surface area contributed by atoms with Crippen molar-refractivity contribution in [2.24, 2.45) is 53.3 Å². The Labute approximate surface area is 389 Å². The van der Waals surface area contributed by atoms with E-state index in [1.165, 1.54) is 48.1 Å². The molecular formula is C46H85N9O10. The van der Waals surface area contributed by atoms with E-state index >= 15 is 0 Å². The summed E-state index contributed by atoms with van der Waals surface area (Å²) in [5, 5.41) is 10.6. The fourth-order valence-electron chi connectivity index (χ4n) is 7.15. The predicted octanol–water partition coefficient (Wildman–Crippen LogP) is 3.88. The molecule has 19 nitrogen and oxygen atoms in total.